The summed E-state index contributed by atoms with van der Waals surface area (Å²) in [4.78, 5) is 4.76. The van der Waals surface area contributed by atoms with Crippen molar-refractivity contribution < 1.29 is 0 Å². The second-order valence-electron chi connectivity index (χ2n) is 8.34. The van der Waals surface area contributed by atoms with Crippen LogP contribution >= 0.6 is 0 Å². The van der Waals surface area contributed by atoms with Gasteiger partial charge in [-0.3, -0.25) is 4.99 Å². The quantitative estimate of drug-likeness (QED) is 0.142. The van der Waals surface area contributed by atoms with Crippen LogP contribution in [0.3, 0.4) is 0 Å². The van der Waals surface area contributed by atoms with Crippen LogP contribution in [-0.4, -0.2) is 12.8 Å². The van der Waals surface area contributed by atoms with E-state index in [1.165, 1.54) is 122 Å². The minimum absolute atomic E-state index is 0.745. The summed E-state index contributed by atoms with van der Waals surface area (Å²) in [7, 11) is 0. The van der Waals surface area contributed by atoms with E-state index in [4.69, 9.17) is 4.99 Å². The standard InChI is InChI=1S/C25H51N/c1-4-7-9-11-13-15-17-19-22-25(21-6-3)24-26-23-20-18-16-14-12-10-8-5-2/h24-25H,4-23H2,1-3H3/b26-24+. The Morgan fingerprint density at radius 2 is 0.962 bits per heavy atom. The molecule has 0 N–H and O–H groups in total. The zero-order chi connectivity index (χ0) is 19.1. The van der Waals surface area contributed by atoms with E-state index < -0.39 is 0 Å². The van der Waals surface area contributed by atoms with E-state index >= 15 is 0 Å². The molecule has 1 nitrogen and oxygen atoms in total. The van der Waals surface area contributed by atoms with Crippen molar-refractivity contribution in [3.8, 4) is 0 Å². The molecule has 0 spiro atoms. The molecule has 0 fully saturated rings. The predicted octanol–water partition coefficient (Wildman–Crippen LogP) is 9.15. The summed E-state index contributed by atoms with van der Waals surface area (Å²) < 4.78 is 0. The normalized spacial score (nSPS) is 12.9. The topological polar surface area (TPSA) is 12.4 Å². The minimum Gasteiger partial charge on any atom is -0.297 e. The van der Waals surface area contributed by atoms with Crippen LogP contribution in [0.4, 0.5) is 0 Å². The molecule has 0 aromatic carbocycles. The Balaban J connectivity index is 3.54. The molecule has 0 amide bonds. The van der Waals surface area contributed by atoms with Crippen molar-refractivity contribution in [1.29, 1.82) is 0 Å². The van der Waals surface area contributed by atoms with Gasteiger partial charge >= 0.3 is 0 Å². The third kappa shape index (κ3) is 20.0. The van der Waals surface area contributed by atoms with E-state index in [-0.39, 0.29) is 0 Å². The second-order valence-corrected chi connectivity index (χ2v) is 8.34. The molecule has 0 aromatic heterocycles. The lowest BCUT2D eigenvalue weighted by molar-refractivity contribution is 0.509. The van der Waals surface area contributed by atoms with E-state index in [0.717, 1.165) is 12.5 Å². The van der Waals surface area contributed by atoms with Gasteiger partial charge in [0, 0.05) is 12.8 Å². The van der Waals surface area contributed by atoms with Gasteiger partial charge in [0.2, 0.25) is 0 Å². The van der Waals surface area contributed by atoms with Crippen LogP contribution in [0.5, 0.6) is 0 Å². The molecule has 1 heteroatoms. The van der Waals surface area contributed by atoms with Gasteiger partial charge in [-0.25, -0.2) is 0 Å². The molecule has 1 unspecified atom stereocenters. The molecule has 0 saturated carbocycles. The van der Waals surface area contributed by atoms with Crippen LogP contribution in [0.1, 0.15) is 143 Å². The summed E-state index contributed by atoms with van der Waals surface area (Å²) in [6, 6.07) is 0. The smallest absolute Gasteiger partial charge is 0.0385 e. The van der Waals surface area contributed by atoms with Gasteiger partial charge in [0.15, 0.2) is 0 Å². The maximum absolute atomic E-state index is 4.76. The first kappa shape index (κ1) is 25.7. The molecule has 156 valence electrons. The Labute approximate surface area is 166 Å². The van der Waals surface area contributed by atoms with Gasteiger partial charge in [0.1, 0.15) is 0 Å². The van der Waals surface area contributed by atoms with E-state index in [9.17, 15) is 0 Å². The van der Waals surface area contributed by atoms with Gasteiger partial charge in [0.25, 0.3) is 0 Å². The average Bonchev–Trinajstić information content (AvgIpc) is 2.65. The Morgan fingerprint density at radius 1 is 0.500 bits per heavy atom. The Hall–Kier alpha value is -0.330. The third-order valence-corrected chi connectivity index (χ3v) is 5.54. The lowest BCUT2D eigenvalue weighted by Gasteiger charge is -2.10. The molecule has 0 aliphatic carbocycles. The summed E-state index contributed by atoms with van der Waals surface area (Å²) >= 11 is 0. The highest BCUT2D eigenvalue weighted by Gasteiger charge is 2.04. The van der Waals surface area contributed by atoms with Crippen LogP contribution in [0.15, 0.2) is 4.99 Å². The van der Waals surface area contributed by atoms with E-state index in [1.807, 2.05) is 0 Å². The van der Waals surface area contributed by atoms with Crippen molar-refractivity contribution in [3.63, 3.8) is 0 Å². The summed E-state index contributed by atoms with van der Waals surface area (Å²) in [5.74, 6) is 0.745. The molecule has 0 aromatic rings. The molecular formula is C25H51N. The number of hydrogen-bond acceptors (Lipinski definition) is 1. The molecule has 0 radical (unpaired) electrons. The molecule has 0 rings (SSSR count). The van der Waals surface area contributed by atoms with Crippen LogP contribution in [0.2, 0.25) is 0 Å². The van der Waals surface area contributed by atoms with Crippen molar-refractivity contribution in [2.24, 2.45) is 10.9 Å². The van der Waals surface area contributed by atoms with Crippen molar-refractivity contribution in [3.05, 3.63) is 0 Å². The summed E-state index contributed by atoms with van der Waals surface area (Å²) in [5, 5.41) is 0. The van der Waals surface area contributed by atoms with Gasteiger partial charge < -0.3 is 0 Å². The Morgan fingerprint density at radius 3 is 1.46 bits per heavy atom. The Kier molecular flexibility index (Phi) is 22.4. The lowest BCUT2D eigenvalue weighted by Crippen LogP contribution is -2.02. The summed E-state index contributed by atoms with van der Waals surface area (Å²) in [5.41, 5.74) is 0. The maximum atomic E-state index is 4.76. The number of rotatable bonds is 21. The fourth-order valence-electron chi connectivity index (χ4n) is 3.77. The molecule has 26 heavy (non-hydrogen) atoms. The third-order valence-electron chi connectivity index (χ3n) is 5.54. The molecule has 0 saturated heterocycles. The average molecular weight is 366 g/mol. The highest BCUT2D eigenvalue weighted by Crippen LogP contribution is 2.16. The van der Waals surface area contributed by atoms with E-state index in [1.54, 1.807) is 0 Å². The van der Waals surface area contributed by atoms with Gasteiger partial charge in [-0.1, -0.05) is 124 Å². The summed E-state index contributed by atoms with van der Waals surface area (Å²) in [6.07, 6.45) is 28.9. The molecular weight excluding hydrogens is 314 g/mol. The van der Waals surface area contributed by atoms with E-state index in [2.05, 4.69) is 27.0 Å². The first-order valence-corrected chi connectivity index (χ1v) is 12.3. The van der Waals surface area contributed by atoms with Gasteiger partial charge in [-0.2, -0.15) is 0 Å². The number of hydrogen-bond donors (Lipinski definition) is 0. The highest BCUT2D eigenvalue weighted by molar-refractivity contribution is 5.60. The summed E-state index contributed by atoms with van der Waals surface area (Å²) in [6.45, 7) is 7.96. The molecule has 1 atom stereocenters. The van der Waals surface area contributed by atoms with Crippen molar-refractivity contribution >= 4 is 6.21 Å². The number of unbranched alkanes of at least 4 members (excludes halogenated alkanes) is 14. The lowest BCUT2D eigenvalue weighted by atomic mass is 9.97. The molecule has 0 heterocycles. The van der Waals surface area contributed by atoms with Crippen molar-refractivity contribution in [2.45, 2.75) is 143 Å². The highest BCUT2D eigenvalue weighted by atomic mass is 14.7. The zero-order valence-electron chi connectivity index (χ0n) is 18.7. The maximum Gasteiger partial charge on any atom is 0.0385 e. The van der Waals surface area contributed by atoms with Gasteiger partial charge in [-0.05, 0) is 25.2 Å². The van der Waals surface area contributed by atoms with Crippen LogP contribution in [0.25, 0.3) is 0 Å². The number of nitrogens with zero attached hydrogens (tertiary/aromatic N) is 1. The monoisotopic (exact) mass is 365 g/mol. The minimum atomic E-state index is 0.745. The van der Waals surface area contributed by atoms with Crippen LogP contribution < -0.4 is 0 Å². The SMILES string of the molecule is CCCCCCCCCC/N=C/C(CCC)CCCCCCCCCC. The van der Waals surface area contributed by atoms with Crippen molar-refractivity contribution in [1.82, 2.24) is 0 Å². The molecule has 0 aliphatic heterocycles. The van der Waals surface area contributed by atoms with Crippen LogP contribution in [-0.2, 0) is 0 Å². The molecule has 0 aliphatic rings. The fraction of sp³-hybridized carbons (Fsp3) is 0.960. The van der Waals surface area contributed by atoms with Crippen LogP contribution in [0, 0.1) is 5.92 Å². The number of aliphatic imine (C=N–C) groups is 1. The van der Waals surface area contributed by atoms with Gasteiger partial charge in [-0.15, -0.1) is 0 Å². The largest absolute Gasteiger partial charge is 0.297 e. The second kappa shape index (κ2) is 22.7. The van der Waals surface area contributed by atoms with E-state index in [0.29, 0.717) is 0 Å². The van der Waals surface area contributed by atoms with Crippen molar-refractivity contribution in [2.75, 3.05) is 6.54 Å². The molecule has 0 bridgehead atoms. The Bertz CT molecular complexity index is 271. The fourth-order valence-corrected chi connectivity index (χ4v) is 3.77. The predicted molar refractivity (Wildman–Crippen MR) is 122 cm³/mol. The zero-order valence-corrected chi connectivity index (χ0v) is 18.7. The van der Waals surface area contributed by atoms with Gasteiger partial charge in [0.05, 0.1) is 0 Å². The first-order valence-electron chi connectivity index (χ1n) is 12.3. The first-order chi connectivity index (χ1) is 12.8.